The molecule has 2 aliphatic rings. The highest BCUT2D eigenvalue weighted by Crippen LogP contribution is 2.22. The van der Waals surface area contributed by atoms with Gasteiger partial charge in [-0.2, -0.15) is 0 Å². The zero-order valence-corrected chi connectivity index (χ0v) is 18.5. The molecule has 2 saturated heterocycles. The molecule has 0 radical (unpaired) electrons. The number of ether oxygens (including phenoxy) is 1. The maximum Gasteiger partial charge on any atom is 0.338 e. The first-order valence-corrected chi connectivity index (χ1v) is 11.5. The van der Waals surface area contributed by atoms with Crippen LogP contribution in [0.25, 0.3) is 0 Å². The molecule has 1 aromatic heterocycles. The Kier molecular flexibility index (Phi) is 7.07. The van der Waals surface area contributed by atoms with Crippen molar-refractivity contribution in [2.75, 3.05) is 26.2 Å². The Morgan fingerprint density at radius 1 is 1.00 bits per heavy atom. The lowest BCUT2D eigenvalue weighted by atomic mass is 9.99. The predicted molar refractivity (Wildman–Crippen MR) is 120 cm³/mol. The Hall–Kier alpha value is -2.60. The number of carbonyl (C=O) groups excluding carboxylic acids is 2. The number of aryl methyl sites for hydroxylation is 1. The third-order valence-electron chi connectivity index (χ3n) is 6.53. The van der Waals surface area contributed by atoms with Gasteiger partial charge in [0.25, 0.3) is 5.91 Å². The van der Waals surface area contributed by atoms with Gasteiger partial charge in [0.2, 0.25) is 0 Å². The number of hydrogen-bond acceptors (Lipinski definition) is 4. The highest BCUT2D eigenvalue weighted by molar-refractivity contribution is 5.93. The summed E-state index contributed by atoms with van der Waals surface area (Å²) in [5.41, 5.74) is 2.53. The summed E-state index contributed by atoms with van der Waals surface area (Å²) in [5, 5.41) is 0. The van der Waals surface area contributed by atoms with Crippen molar-refractivity contribution in [1.82, 2.24) is 14.4 Å². The Balaban J connectivity index is 1.27. The molecule has 6 nitrogen and oxygen atoms in total. The standard InChI is InChI=1S/C25H33N3O3/c1-26-14-6-8-23(26)24(29)28-17-3-2-7-22(28)13-18-31-25(30)21-11-9-20(10-12-21)19-27-15-4-5-16-27/h6,8-12,14,22H,2-5,7,13,15-19H2,1H3/t22-/m1/s1. The number of aromatic nitrogens is 1. The molecule has 1 aromatic carbocycles. The molecule has 1 amide bonds. The van der Waals surface area contributed by atoms with Crippen LogP contribution in [0, 0.1) is 0 Å². The lowest BCUT2D eigenvalue weighted by molar-refractivity contribution is 0.0406. The highest BCUT2D eigenvalue weighted by Gasteiger charge is 2.28. The van der Waals surface area contributed by atoms with Crippen molar-refractivity contribution < 1.29 is 14.3 Å². The van der Waals surface area contributed by atoms with Crippen molar-refractivity contribution in [3.05, 3.63) is 59.4 Å². The Morgan fingerprint density at radius 3 is 2.45 bits per heavy atom. The van der Waals surface area contributed by atoms with Gasteiger partial charge in [-0.15, -0.1) is 0 Å². The number of carbonyl (C=O) groups is 2. The smallest absolute Gasteiger partial charge is 0.338 e. The first-order valence-electron chi connectivity index (χ1n) is 11.5. The number of hydrogen-bond donors (Lipinski definition) is 0. The molecule has 0 N–H and O–H groups in total. The molecule has 1 atom stereocenters. The van der Waals surface area contributed by atoms with Crippen LogP contribution in [0.3, 0.4) is 0 Å². The van der Waals surface area contributed by atoms with Crippen LogP contribution in [-0.2, 0) is 18.3 Å². The van der Waals surface area contributed by atoms with Crippen molar-refractivity contribution in [3.8, 4) is 0 Å². The van der Waals surface area contributed by atoms with E-state index in [1.165, 1.54) is 18.4 Å². The summed E-state index contributed by atoms with van der Waals surface area (Å²) < 4.78 is 7.42. The van der Waals surface area contributed by atoms with Gasteiger partial charge in [0.1, 0.15) is 5.69 Å². The minimum Gasteiger partial charge on any atom is -0.462 e. The molecule has 0 bridgehead atoms. The van der Waals surface area contributed by atoms with Gasteiger partial charge >= 0.3 is 5.97 Å². The normalized spacial score (nSPS) is 19.5. The Morgan fingerprint density at radius 2 is 1.74 bits per heavy atom. The largest absolute Gasteiger partial charge is 0.462 e. The Labute approximate surface area is 184 Å². The molecule has 0 saturated carbocycles. The van der Waals surface area contributed by atoms with E-state index in [0.29, 0.717) is 24.3 Å². The number of benzene rings is 1. The third-order valence-corrected chi connectivity index (χ3v) is 6.53. The van der Waals surface area contributed by atoms with Crippen LogP contribution in [0.5, 0.6) is 0 Å². The zero-order chi connectivity index (χ0) is 21.6. The molecule has 4 rings (SSSR count). The van der Waals surface area contributed by atoms with E-state index in [1.54, 1.807) is 0 Å². The van der Waals surface area contributed by atoms with Gasteiger partial charge in [-0.25, -0.2) is 4.79 Å². The van der Waals surface area contributed by atoms with E-state index in [2.05, 4.69) is 4.90 Å². The number of esters is 1. The fraction of sp³-hybridized carbons (Fsp3) is 0.520. The number of amides is 1. The van der Waals surface area contributed by atoms with Crippen LogP contribution in [0.15, 0.2) is 42.6 Å². The number of likely N-dealkylation sites (tertiary alicyclic amines) is 2. The molecule has 0 spiro atoms. The first kappa shape index (κ1) is 21.6. The van der Waals surface area contributed by atoms with Crippen LogP contribution in [0.1, 0.15) is 64.9 Å². The summed E-state index contributed by atoms with van der Waals surface area (Å²) in [5.74, 6) is -0.221. The van der Waals surface area contributed by atoms with Crippen LogP contribution in [-0.4, -0.2) is 58.5 Å². The van der Waals surface area contributed by atoms with E-state index in [4.69, 9.17) is 4.74 Å². The lowest BCUT2D eigenvalue weighted by Crippen LogP contribution is -2.44. The van der Waals surface area contributed by atoms with E-state index < -0.39 is 0 Å². The maximum atomic E-state index is 13.0. The molecule has 2 aliphatic heterocycles. The monoisotopic (exact) mass is 423 g/mol. The number of rotatable bonds is 7. The molecule has 2 aromatic rings. The van der Waals surface area contributed by atoms with E-state index >= 15 is 0 Å². The fourth-order valence-corrected chi connectivity index (χ4v) is 4.71. The van der Waals surface area contributed by atoms with Crippen LogP contribution < -0.4 is 0 Å². The molecule has 2 fully saturated rings. The average molecular weight is 424 g/mol. The van der Waals surface area contributed by atoms with Gasteiger partial charge in [0.05, 0.1) is 12.2 Å². The number of piperidine rings is 1. The summed E-state index contributed by atoms with van der Waals surface area (Å²) in [4.78, 5) is 29.8. The molecule has 166 valence electrons. The molecule has 3 heterocycles. The third kappa shape index (κ3) is 5.37. The van der Waals surface area contributed by atoms with Crippen LogP contribution in [0.2, 0.25) is 0 Å². The molecular formula is C25H33N3O3. The summed E-state index contributed by atoms with van der Waals surface area (Å²) in [6.07, 6.45) is 8.21. The number of nitrogens with zero attached hydrogens (tertiary/aromatic N) is 3. The van der Waals surface area contributed by atoms with Crippen LogP contribution in [0.4, 0.5) is 0 Å². The average Bonchev–Trinajstić information content (AvgIpc) is 3.46. The van der Waals surface area contributed by atoms with Gasteiger partial charge in [0, 0.05) is 38.8 Å². The molecule has 31 heavy (non-hydrogen) atoms. The van der Waals surface area contributed by atoms with E-state index in [-0.39, 0.29) is 17.9 Å². The summed E-state index contributed by atoms with van der Waals surface area (Å²) in [7, 11) is 1.89. The topological polar surface area (TPSA) is 54.8 Å². The van der Waals surface area contributed by atoms with Gasteiger partial charge < -0.3 is 14.2 Å². The van der Waals surface area contributed by atoms with Crippen molar-refractivity contribution in [2.45, 2.75) is 51.1 Å². The Bertz CT molecular complexity index is 884. The molecular weight excluding hydrogens is 390 g/mol. The minimum atomic E-state index is -0.288. The van der Waals surface area contributed by atoms with E-state index in [1.807, 2.05) is 59.1 Å². The van der Waals surface area contributed by atoms with Gasteiger partial charge in [-0.1, -0.05) is 12.1 Å². The highest BCUT2D eigenvalue weighted by atomic mass is 16.5. The van der Waals surface area contributed by atoms with E-state index in [0.717, 1.165) is 45.4 Å². The summed E-state index contributed by atoms with van der Waals surface area (Å²) in [6, 6.07) is 11.6. The summed E-state index contributed by atoms with van der Waals surface area (Å²) >= 11 is 0. The zero-order valence-electron chi connectivity index (χ0n) is 18.5. The molecule has 6 heteroatoms. The van der Waals surface area contributed by atoms with Gasteiger partial charge in [-0.05, 0) is 75.0 Å². The van der Waals surface area contributed by atoms with Gasteiger partial charge in [-0.3, -0.25) is 9.69 Å². The second kappa shape index (κ2) is 10.1. The SMILES string of the molecule is Cn1cccc1C(=O)N1CCCC[C@@H]1CCOC(=O)c1ccc(CN2CCCC2)cc1. The second-order valence-electron chi connectivity index (χ2n) is 8.76. The van der Waals surface area contributed by atoms with Crippen molar-refractivity contribution in [1.29, 1.82) is 0 Å². The fourth-order valence-electron chi connectivity index (χ4n) is 4.71. The predicted octanol–water partition coefficient (Wildman–Crippen LogP) is 3.86. The summed E-state index contributed by atoms with van der Waals surface area (Å²) in [6.45, 7) is 4.36. The van der Waals surface area contributed by atoms with Crippen LogP contribution >= 0.6 is 0 Å². The maximum absolute atomic E-state index is 13.0. The first-order chi connectivity index (χ1) is 15.1. The van der Waals surface area contributed by atoms with Crippen molar-refractivity contribution in [3.63, 3.8) is 0 Å². The van der Waals surface area contributed by atoms with Gasteiger partial charge in [0.15, 0.2) is 0 Å². The lowest BCUT2D eigenvalue weighted by Gasteiger charge is -2.35. The molecule has 0 aliphatic carbocycles. The quantitative estimate of drug-likeness (QED) is 0.635. The second-order valence-corrected chi connectivity index (χ2v) is 8.76. The minimum absolute atomic E-state index is 0.0668. The molecule has 0 unspecified atom stereocenters. The van der Waals surface area contributed by atoms with Crippen molar-refractivity contribution in [2.24, 2.45) is 7.05 Å². The van der Waals surface area contributed by atoms with E-state index in [9.17, 15) is 9.59 Å². The van der Waals surface area contributed by atoms with Crippen molar-refractivity contribution >= 4 is 11.9 Å².